The van der Waals surface area contributed by atoms with E-state index in [1.807, 2.05) is 43.5 Å². The minimum absolute atomic E-state index is 0.120. The monoisotopic (exact) mass is 528 g/mol. The third-order valence-corrected chi connectivity index (χ3v) is 6.62. The summed E-state index contributed by atoms with van der Waals surface area (Å²) in [6.45, 7) is 2.99. The number of benzene rings is 2. The van der Waals surface area contributed by atoms with E-state index in [9.17, 15) is 9.59 Å². The van der Waals surface area contributed by atoms with Crippen molar-refractivity contribution in [2.45, 2.75) is 25.3 Å². The third-order valence-electron chi connectivity index (χ3n) is 6.62. The van der Waals surface area contributed by atoms with E-state index < -0.39 is 5.54 Å². The molecule has 2 aliphatic rings. The summed E-state index contributed by atoms with van der Waals surface area (Å²) in [5, 5.41) is 7.24. The second-order valence-electron chi connectivity index (χ2n) is 9.06. The molecule has 2 aromatic carbocycles. The minimum Gasteiger partial charge on any atom is -0.497 e. The Bertz CT molecular complexity index is 1500. The van der Waals surface area contributed by atoms with E-state index in [4.69, 9.17) is 4.74 Å². The number of fused-ring (bicyclic) bond motifs is 1. The Balaban J connectivity index is 0.000000504. The lowest BCUT2D eigenvalue weighted by atomic mass is 9.93. The van der Waals surface area contributed by atoms with Crippen LogP contribution in [0.4, 0.5) is 0 Å². The summed E-state index contributed by atoms with van der Waals surface area (Å²) in [6, 6.07) is 16.9. The molecule has 196 valence electrons. The van der Waals surface area contributed by atoms with Gasteiger partial charge in [0.15, 0.2) is 0 Å². The smallest absolute Gasteiger partial charge is 0.252 e. The van der Waals surface area contributed by atoms with Gasteiger partial charge in [0.05, 0.1) is 18.2 Å². The van der Waals surface area contributed by atoms with Crippen molar-refractivity contribution in [3.05, 3.63) is 106 Å². The topological polar surface area (TPSA) is 96.1 Å². The SMILES string of the molecule is C1=CNC1.COc1ccc(C)c(C(=O)NC2(c3cc(-c4ccc(=O)[nH]c4)cc4ncccc34)CC2)c1.CS. The number of hydrogen-bond donors (Lipinski definition) is 4. The summed E-state index contributed by atoms with van der Waals surface area (Å²) in [6.07, 6.45) is 10.9. The van der Waals surface area contributed by atoms with Crippen LogP contribution in [0.2, 0.25) is 0 Å². The van der Waals surface area contributed by atoms with E-state index in [2.05, 4.69) is 45.4 Å². The number of aryl methyl sites for hydroxylation is 1. The van der Waals surface area contributed by atoms with Crippen LogP contribution in [-0.4, -0.2) is 35.8 Å². The number of ether oxygens (including phenoxy) is 1. The Labute approximate surface area is 227 Å². The second-order valence-corrected chi connectivity index (χ2v) is 9.06. The number of H-pyrrole nitrogens is 1. The van der Waals surface area contributed by atoms with Crippen molar-refractivity contribution in [3.8, 4) is 16.9 Å². The van der Waals surface area contributed by atoms with Crippen molar-refractivity contribution in [1.29, 1.82) is 0 Å². The highest BCUT2D eigenvalue weighted by Crippen LogP contribution is 2.49. The average Bonchev–Trinajstić information content (AvgIpc) is 3.69. The number of thiol groups is 1. The highest BCUT2D eigenvalue weighted by atomic mass is 32.1. The molecular formula is C30H32N4O3S. The zero-order chi connectivity index (χ0) is 27.1. The number of nitrogens with one attached hydrogen (secondary N) is 3. The van der Waals surface area contributed by atoms with Crippen LogP contribution in [0.1, 0.15) is 34.3 Å². The number of amides is 1. The van der Waals surface area contributed by atoms with E-state index in [0.29, 0.717) is 11.3 Å². The van der Waals surface area contributed by atoms with Gasteiger partial charge in [-0.05, 0) is 96.9 Å². The fourth-order valence-electron chi connectivity index (χ4n) is 4.30. The van der Waals surface area contributed by atoms with Crippen LogP contribution in [0.3, 0.4) is 0 Å². The number of pyridine rings is 2. The first-order valence-electron chi connectivity index (χ1n) is 12.4. The van der Waals surface area contributed by atoms with E-state index >= 15 is 0 Å². The summed E-state index contributed by atoms with van der Waals surface area (Å²) in [5.74, 6) is 0.533. The molecular weight excluding hydrogens is 496 g/mol. The summed E-state index contributed by atoms with van der Waals surface area (Å²) < 4.78 is 5.31. The zero-order valence-corrected chi connectivity index (χ0v) is 22.6. The molecule has 8 heteroatoms. The Morgan fingerprint density at radius 1 is 1.08 bits per heavy atom. The molecule has 0 radical (unpaired) electrons. The van der Waals surface area contributed by atoms with Crippen LogP contribution in [-0.2, 0) is 5.54 Å². The number of carbonyl (C=O) groups excluding carboxylic acids is 1. The maximum Gasteiger partial charge on any atom is 0.252 e. The first kappa shape index (κ1) is 27.0. The van der Waals surface area contributed by atoms with Crippen LogP contribution in [0.25, 0.3) is 22.0 Å². The highest BCUT2D eigenvalue weighted by molar-refractivity contribution is 7.79. The quantitative estimate of drug-likeness (QED) is 0.274. The zero-order valence-electron chi connectivity index (χ0n) is 21.7. The molecule has 1 aliphatic carbocycles. The van der Waals surface area contributed by atoms with Gasteiger partial charge in [0.2, 0.25) is 5.56 Å². The molecule has 6 rings (SSSR count). The van der Waals surface area contributed by atoms with Gasteiger partial charge in [0.25, 0.3) is 5.91 Å². The lowest BCUT2D eigenvalue weighted by molar-refractivity contribution is 0.0930. The molecule has 38 heavy (non-hydrogen) atoms. The lowest BCUT2D eigenvalue weighted by Crippen LogP contribution is -2.35. The van der Waals surface area contributed by atoms with Gasteiger partial charge < -0.3 is 20.4 Å². The van der Waals surface area contributed by atoms with Crippen molar-refractivity contribution in [3.63, 3.8) is 0 Å². The van der Waals surface area contributed by atoms with Gasteiger partial charge in [0, 0.05) is 36.0 Å². The molecule has 1 saturated carbocycles. The maximum absolute atomic E-state index is 13.3. The number of carbonyl (C=O) groups is 1. The first-order chi connectivity index (χ1) is 18.5. The second kappa shape index (κ2) is 12.0. The normalized spacial score (nSPS) is 14.0. The van der Waals surface area contributed by atoms with Gasteiger partial charge >= 0.3 is 0 Å². The largest absolute Gasteiger partial charge is 0.497 e. The molecule has 0 spiro atoms. The van der Waals surface area contributed by atoms with E-state index in [1.165, 1.54) is 6.07 Å². The Hall–Kier alpha value is -4.04. The standard InChI is InChI=1S/C26H23N3O3.C3H5N.CH4S/c1-16-5-7-19(32-2)14-21(16)25(31)29-26(9-10-26)22-12-18(17-6-8-24(30)28-15-17)13-23-20(22)4-3-11-27-23;1-2-4-3-1;1-2/h3-8,11-15H,9-10H2,1-2H3,(H,28,30)(H,29,31);1-2,4H,3H2;2H,1H3. The molecule has 1 fully saturated rings. The van der Waals surface area contributed by atoms with E-state index in [0.717, 1.165) is 52.5 Å². The molecule has 0 atom stereocenters. The molecule has 2 aromatic heterocycles. The first-order valence-corrected chi connectivity index (χ1v) is 13.3. The van der Waals surface area contributed by atoms with E-state index in [1.54, 1.807) is 37.9 Å². The molecule has 4 aromatic rings. The van der Waals surface area contributed by atoms with Crippen LogP contribution in [0.15, 0.2) is 84.1 Å². The molecule has 1 aliphatic heterocycles. The number of hydrogen-bond acceptors (Lipinski definition) is 6. The van der Waals surface area contributed by atoms with Crippen molar-refractivity contribution in [1.82, 2.24) is 20.6 Å². The number of methoxy groups -OCH3 is 1. The molecule has 0 unspecified atom stereocenters. The molecule has 1 amide bonds. The van der Waals surface area contributed by atoms with Crippen molar-refractivity contribution in [2.75, 3.05) is 19.9 Å². The molecule has 3 N–H and O–H groups in total. The van der Waals surface area contributed by atoms with Gasteiger partial charge in [-0.15, -0.1) is 0 Å². The summed E-state index contributed by atoms with van der Waals surface area (Å²) in [5.41, 5.74) is 4.63. The summed E-state index contributed by atoms with van der Waals surface area (Å²) >= 11 is 3.53. The number of aromatic amines is 1. The fourth-order valence-corrected chi connectivity index (χ4v) is 4.30. The van der Waals surface area contributed by atoms with Crippen LogP contribution < -0.4 is 20.9 Å². The lowest BCUT2D eigenvalue weighted by Gasteiger charge is -2.22. The van der Waals surface area contributed by atoms with Gasteiger partial charge in [0.1, 0.15) is 5.75 Å². The fraction of sp³-hybridized carbons (Fsp3) is 0.233. The van der Waals surface area contributed by atoms with Gasteiger partial charge in [-0.3, -0.25) is 14.6 Å². The van der Waals surface area contributed by atoms with E-state index in [-0.39, 0.29) is 11.5 Å². The average molecular weight is 529 g/mol. The summed E-state index contributed by atoms with van der Waals surface area (Å²) in [7, 11) is 1.59. The minimum atomic E-state index is -0.452. The third kappa shape index (κ3) is 5.92. The predicted molar refractivity (Wildman–Crippen MR) is 156 cm³/mol. The van der Waals surface area contributed by atoms with Crippen LogP contribution in [0, 0.1) is 6.92 Å². The molecule has 0 bridgehead atoms. The van der Waals surface area contributed by atoms with Gasteiger partial charge in [-0.1, -0.05) is 12.1 Å². The van der Waals surface area contributed by atoms with Crippen molar-refractivity contribution >= 4 is 29.4 Å². The number of aromatic nitrogens is 2. The van der Waals surface area contributed by atoms with Crippen molar-refractivity contribution < 1.29 is 9.53 Å². The van der Waals surface area contributed by atoms with Crippen LogP contribution >= 0.6 is 12.6 Å². The molecule has 0 saturated heterocycles. The Kier molecular flexibility index (Phi) is 8.53. The Morgan fingerprint density at radius 2 is 1.82 bits per heavy atom. The van der Waals surface area contributed by atoms with Gasteiger partial charge in [-0.25, -0.2) is 0 Å². The summed E-state index contributed by atoms with van der Waals surface area (Å²) in [4.78, 5) is 32.1. The number of rotatable bonds is 5. The molecule has 3 heterocycles. The molecule has 7 nitrogen and oxygen atoms in total. The van der Waals surface area contributed by atoms with Crippen LogP contribution in [0.5, 0.6) is 5.75 Å². The van der Waals surface area contributed by atoms with Gasteiger partial charge in [-0.2, -0.15) is 12.6 Å². The predicted octanol–water partition coefficient (Wildman–Crippen LogP) is 4.98. The highest BCUT2D eigenvalue weighted by Gasteiger charge is 2.47. The maximum atomic E-state index is 13.3. The van der Waals surface area contributed by atoms with Crippen molar-refractivity contribution in [2.24, 2.45) is 0 Å². The number of nitrogens with zero attached hydrogens (tertiary/aromatic N) is 1. The Morgan fingerprint density at radius 3 is 2.42 bits per heavy atom.